The summed E-state index contributed by atoms with van der Waals surface area (Å²) in [4.78, 5) is 49.8. The van der Waals surface area contributed by atoms with Crippen LogP contribution in [0.2, 0.25) is 0 Å². The number of hydrogen-bond donors (Lipinski definition) is 2. The fourth-order valence-electron chi connectivity index (χ4n) is 3.08. The number of imide groups is 1. The molecule has 1 aliphatic heterocycles. The number of nitrogens with zero attached hydrogens (tertiary/aromatic N) is 1. The van der Waals surface area contributed by atoms with Gasteiger partial charge in [0.25, 0.3) is 5.91 Å². The van der Waals surface area contributed by atoms with E-state index in [2.05, 4.69) is 31.3 Å². The molecule has 2 N–H and O–H groups in total. The number of ether oxygens (including phenoxy) is 4. The molecule has 1 saturated heterocycles. The monoisotopic (exact) mass is 547 g/mol. The maximum Gasteiger partial charge on any atom is 0.343 e. The third kappa shape index (κ3) is 6.09. The van der Waals surface area contributed by atoms with Gasteiger partial charge >= 0.3 is 12.0 Å². The van der Waals surface area contributed by atoms with Gasteiger partial charge in [0.15, 0.2) is 18.1 Å². The van der Waals surface area contributed by atoms with Crippen molar-refractivity contribution in [3.05, 3.63) is 52.1 Å². The van der Waals surface area contributed by atoms with E-state index in [0.29, 0.717) is 21.5 Å². The topological polar surface area (TPSA) is 132 Å². The standard InChI is InChI=1S/C23H22BrN3O8/c1-32-17-7-5-4-6-15(17)25-20(28)11-27-22(30)16(26-23(27)31)8-13-9-18(33-2)19(10-14(13)24)35-12-21(29)34-3/h4-10H,11-12H2,1-3H3,(H,25,28)(H,26,31)/b16-8+. The lowest BCUT2D eigenvalue weighted by Gasteiger charge is -2.13. The van der Waals surface area contributed by atoms with Crippen molar-refractivity contribution >= 4 is 51.5 Å². The minimum absolute atomic E-state index is 0.0360. The second-order valence-electron chi connectivity index (χ2n) is 7.02. The lowest BCUT2D eigenvalue weighted by atomic mass is 10.1. The van der Waals surface area contributed by atoms with E-state index in [4.69, 9.17) is 14.2 Å². The molecule has 184 valence electrons. The van der Waals surface area contributed by atoms with Crippen molar-refractivity contribution in [3.63, 3.8) is 0 Å². The van der Waals surface area contributed by atoms with Crippen LogP contribution in [-0.4, -0.2) is 63.2 Å². The molecule has 1 fully saturated rings. The predicted molar refractivity (Wildman–Crippen MR) is 128 cm³/mol. The molecular formula is C23H22BrN3O8. The second-order valence-corrected chi connectivity index (χ2v) is 7.87. The zero-order valence-corrected chi connectivity index (χ0v) is 20.6. The van der Waals surface area contributed by atoms with Crippen molar-refractivity contribution in [2.45, 2.75) is 0 Å². The SMILES string of the molecule is COC(=O)COc1cc(Br)c(/C=C2/NC(=O)N(CC(=O)Nc3ccccc3OC)C2=O)cc1OC. The van der Waals surface area contributed by atoms with E-state index < -0.39 is 30.4 Å². The number of halogens is 1. The van der Waals surface area contributed by atoms with Crippen molar-refractivity contribution in [2.24, 2.45) is 0 Å². The van der Waals surface area contributed by atoms with Crippen molar-refractivity contribution in [1.82, 2.24) is 10.2 Å². The smallest absolute Gasteiger partial charge is 0.343 e. The van der Waals surface area contributed by atoms with E-state index in [0.717, 1.165) is 4.90 Å². The molecule has 0 atom stereocenters. The number of rotatable bonds is 9. The highest BCUT2D eigenvalue weighted by Gasteiger charge is 2.35. The molecular weight excluding hydrogens is 526 g/mol. The van der Waals surface area contributed by atoms with Crippen LogP contribution in [0, 0.1) is 0 Å². The molecule has 35 heavy (non-hydrogen) atoms. The Kier molecular flexibility index (Phi) is 8.31. The molecule has 0 aliphatic carbocycles. The van der Waals surface area contributed by atoms with Gasteiger partial charge < -0.3 is 29.6 Å². The second kappa shape index (κ2) is 11.4. The Bertz CT molecular complexity index is 1200. The van der Waals surface area contributed by atoms with Crippen LogP contribution in [0.25, 0.3) is 6.08 Å². The first-order valence-electron chi connectivity index (χ1n) is 10.1. The van der Waals surface area contributed by atoms with Crippen molar-refractivity contribution in [1.29, 1.82) is 0 Å². The van der Waals surface area contributed by atoms with E-state index in [9.17, 15) is 19.2 Å². The Labute approximate surface area is 209 Å². The van der Waals surface area contributed by atoms with Crippen molar-refractivity contribution in [3.8, 4) is 17.2 Å². The average molecular weight is 548 g/mol. The van der Waals surface area contributed by atoms with E-state index in [1.165, 1.54) is 27.4 Å². The summed E-state index contributed by atoms with van der Waals surface area (Å²) in [6.45, 7) is -0.814. The number of carbonyl (C=O) groups is 4. The zero-order valence-electron chi connectivity index (χ0n) is 19.0. The van der Waals surface area contributed by atoms with Crippen LogP contribution >= 0.6 is 15.9 Å². The van der Waals surface area contributed by atoms with Gasteiger partial charge in [-0.2, -0.15) is 0 Å². The third-order valence-corrected chi connectivity index (χ3v) is 5.49. The first kappa shape index (κ1) is 25.6. The minimum atomic E-state index is -0.738. The molecule has 0 saturated carbocycles. The Morgan fingerprint density at radius 2 is 1.77 bits per heavy atom. The summed E-state index contributed by atoms with van der Waals surface area (Å²) in [6.07, 6.45) is 1.43. The number of nitrogens with one attached hydrogen (secondary N) is 2. The van der Waals surface area contributed by atoms with E-state index in [-0.39, 0.29) is 23.8 Å². The Balaban J connectivity index is 1.75. The van der Waals surface area contributed by atoms with Crippen molar-refractivity contribution < 1.29 is 38.1 Å². The fraction of sp³-hybridized carbons (Fsp3) is 0.217. The molecule has 2 aromatic rings. The molecule has 0 radical (unpaired) electrons. The van der Waals surface area contributed by atoms with Crippen LogP contribution in [0.5, 0.6) is 17.2 Å². The number of carbonyl (C=O) groups excluding carboxylic acids is 4. The lowest BCUT2D eigenvalue weighted by molar-refractivity contribution is -0.143. The van der Waals surface area contributed by atoms with Crippen LogP contribution in [0.1, 0.15) is 5.56 Å². The Morgan fingerprint density at radius 3 is 2.46 bits per heavy atom. The number of methoxy groups -OCH3 is 3. The van der Waals surface area contributed by atoms with Crippen LogP contribution in [0.15, 0.2) is 46.6 Å². The first-order valence-corrected chi connectivity index (χ1v) is 10.9. The highest BCUT2D eigenvalue weighted by Crippen LogP contribution is 2.35. The summed E-state index contributed by atoms with van der Waals surface area (Å²) in [5, 5.41) is 5.08. The highest BCUT2D eigenvalue weighted by atomic mass is 79.9. The Morgan fingerprint density at radius 1 is 1.06 bits per heavy atom. The van der Waals surface area contributed by atoms with Gasteiger partial charge in [0.2, 0.25) is 5.91 Å². The largest absolute Gasteiger partial charge is 0.495 e. The average Bonchev–Trinajstić information content (AvgIpc) is 3.11. The van der Waals surface area contributed by atoms with Crippen LogP contribution < -0.4 is 24.8 Å². The maximum absolute atomic E-state index is 12.8. The van der Waals surface area contributed by atoms with Crippen LogP contribution in [0.4, 0.5) is 10.5 Å². The molecule has 0 aromatic heterocycles. The number of benzene rings is 2. The number of urea groups is 1. The van der Waals surface area contributed by atoms with E-state index in [1.54, 1.807) is 36.4 Å². The number of hydrogen-bond acceptors (Lipinski definition) is 8. The van der Waals surface area contributed by atoms with Gasteiger partial charge in [-0.15, -0.1) is 0 Å². The summed E-state index contributed by atoms with van der Waals surface area (Å²) in [5.74, 6) is -0.826. The normalized spacial score (nSPS) is 13.9. The quantitative estimate of drug-likeness (QED) is 0.278. The van der Waals surface area contributed by atoms with E-state index in [1.807, 2.05) is 0 Å². The van der Waals surface area contributed by atoms with Gasteiger partial charge in [-0.1, -0.05) is 28.1 Å². The lowest BCUT2D eigenvalue weighted by Crippen LogP contribution is -2.38. The van der Waals surface area contributed by atoms with Crippen LogP contribution in [-0.2, 0) is 19.1 Å². The summed E-state index contributed by atoms with van der Waals surface area (Å²) in [6, 6.07) is 9.13. The fourth-order valence-corrected chi connectivity index (χ4v) is 3.52. The minimum Gasteiger partial charge on any atom is -0.495 e. The van der Waals surface area contributed by atoms with Gasteiger partial charge in [0.1, 0.15) is 18.0 Å². The van der Waals surface area contributed by atoms with Crippen LogP contribution in [0.3, 0.4) is 0 Å². The molecule has 0 bridgehead atoms. The molecule has 0 spiro atoms. The van der Waals surface area contributed by atoms with Gasteiger partial charge in [-0.25, -0.2) is 14.5 Å². The predicted octanol–water partition coefficient (Wildman–Crippen LogP) is 2.55. The summed E-state index contributed by atoms with van der Waals surface area (Å²) in [7, 11) is 4.12. The van der Waals surface area contributed by atoms with Gasteiger partial charge in [-0.05, 0) is 35.9 Å². The number of anilines is 1. The Hall–Kier alpha value is -4.06. The molecule has 0 unspecified atom stereocenters. The number of esters is 1. The molecule has 4 amide bonds. The molecule has 1 heterocycles. The molecule has 2 aromatic carbocycles. The summed E-state index contributed by atoms with van der Waals surface area (Å²) >= 11 is 3.37. The summed E-state index contributed by atoms with van der Waals surface area (Å²) in [5.41, 5.74) is 0.857. The van der Waals surface area contributed by atoms with E-state index >= 15 is 0 Å². The number of para-hydroxylation sites is 2. The zero-order chi connectivity index (χ0) is 25.5. The highest BCUT2D eigenvalue weighted by molar-refractivity contribution is 9.10. The van der Waals surface area contributed by atoms with Gasteiger partial charge in [0, 0.05) is 4.47 Å². The van der Waals surface area contributed by atoms with Gasteiger partial charge in [-0.3, -0.25) is 9.59 Å². The number of amides is 4. The first-order chi connectivity index (χ1) is 16.8. The molecule has 11 nitrogen and oxygen atoms in total. The maximum atomic E-state index is 12.8. The van der Waals surface area contributed by atoms with Crippen molar-refractivity contribution in [2.75, 3.05) is 39.8 Å². The molecule has 3 rings (SSSR count). The third-order valence-electron chi connectivity index (χ3n) is 4.80. The molecule has 1 aliphatic rings. The van der Waals surface area contributed by atoms with Gasteiger partial charge in [0.05, 0.1) is 27.0 Å². The molecule has 12 heteroatoms. The summed E-state index contributed by atoms with van der Waals surface area (Å²) < 4.78 is 20.9.